The second kappa shape index (κ2) is 7.78. The number of esters is 1. The summed E-state index contributed by atoms with van der Waals surface area (Å²) in [7, 11) is 0. The van der Waals surface area contributed by atoms with Gasteiger partial charge in [-0.25, -0.2) is 4.79 Å². The predicted octanol–water partition coefficient (Wildman–Crippen LogP) is 3.34. The van der Waals surface area contributed by atoms with Gasteiger partial charge in [0.1, 0.15) is 5.58 Å². The number of piperidine rings is 1. The van der Waals surface area contributed by atoms with E-state index in [0.29, 0.717) is 37.7 Å². The molecule has 6 nitrogen and oxygen atoms in total. The molecule has 1 atom stereocenters. The normalized spacial score (nSPS) is 22.1. The first-order chi connectivity index (χ1) is 12.8. The van der Waals surface area contributed by atoms with E-state index in [2.05, 4.69) is 4.90 Å². The van der Waals surface area contributed by atoms with Gasteiger partial charge in [0, 0.05) is 17.5 Å². The van der Waals surface area contributed by atoms with Gasteiger partial charge in [-0.1, -0.05) is 24.6 Å². The van der Waals surface area contributed by atoms with E-state index in [1.807, 2.05) is 24.3 Å². The number of likely N-dealkylation sites (tertiary alicyclic amines) is 1. The summed E-state index contributed by atoms with van der Waals surface area (Å²) in [6, 6.07) is 7.97. The SMILES string of the molecule is CCOC(=O)c1oc2ccccc2c1CN1CCCCC1C1OCCO1. The van der Waals surface area contributed by atoms with Gasteiger partial charge in [0.15, 0.2) is 6.29 Å². The third kappa shape index (κ3) is 3.37. The first-order valence-electron chi connectivity index (χ1n) is 9.42. The van der Waals surface area contributed by atoms with Gasteiger partial charge in [0.05, 0.1) is 25.9 Å². The Hall–Kier alpha value is -1.89. The Bertz CT molecular complexity index is 765. The van der Waals surface area contributed by atoms with Crippen LogP contribution in [-0.2, 0) is 20.8 Å². The highest BCUT2D eigenvalue weighted by molar-refractivity contribution is 5.96. The van der Waals surface area contributed by atoms with Crippen LogP contribution < -0.4 is 0 Å². The summed E-state index contributed by atoms with van der Waals surface area (Å²) in [5.41, 5.74) is 1.61. The Kier molecular flexibility index (Phi) is 5.24. The van der Waals surface area contributed by atoms with Crippen LogP contribution in [0.2, 0.25) is 0 Å². The average Bonchev–Trinajstić information content (AvgIpc) is 3.31. The van der Waals surface area contributed by atoms with E-state index in [4.69, 9.17) is 18.6 Å². The topological polar surface area (TPSA) is 61.1 Å². The molecular formula is C20H25NO5. The number of carbonyl (C=O) groups is 1. The van der Waals surface area contributed by atoms with Crippen LogP contribution in [0.1, 0.15) is 42.3 Å². The molecule has 0 radical (unpaired) electrons. The van der Waals surface area contributed by atoms with Crippen LogP contribution in [-0.4, -0.2) is 49.6 Å². The first-order valence-corrected chi connectivity index (χ1v) is 9.42. The summed E-state index contributed by atoms with van der Waals surface area (Å²) in [5.74, 6) is -0.0914. The van der Waals surface area contributed by atoms with Crippen molar-refractivity contribution in [3.8, 4) is 0 Å². The molecule has 1 aromatic heterocycles. The fourth-order valence-corrected chi connectivity index (χ4v) is 3.94. The number of fused-ring (bicyclic) bond motifs is 1. The number of ether oxygens (including phenoxy) is 3. The molecule has 6 heteroatoms. The fraction of sp³-hybridized carbons (Fsp3) is 0.550. The minimum absolute atomic E-state index is 0.181. The Balaban J connectivity index is 1.66. The van der Waals surface area contributed by atoms with E-state index in [1.54, 1.807) is 6.92 Å². The smallest absolute Gasteiger partial charge is 0.374 e. The second-order valence-electron chi connectivity index (χ2n) is 6.77. The van der Waals surface area contributed by atoms with Crippen LogP contribution in [0.5, 0.6) is 0 Å². The van der Waals surface area contributed by atoms with Crippen LogP contribution in [0.3, 0.4) is 0 Å². The summed E-state index contributed by atoms with van der Waals surface area (Å²) < 4.78 is 22.6. The van der Waals surface area contributed by atoms with Gasteiger partial charge in [-0.3, -0.25) is 4.90 Å². The number of hydrogen-bond donors (Lipinski definition) is 0. The molecule has 2 aromatic rings. The van der Waals surface area contributed by atoms with Crippen LogP contribution >= 0.6 is 0 Å². The van der Waals surface area contributed by atoms with E-state index in [0.717, 1.165) is 30.3 Å². The van der Waals surface area contributed by atoms with Gasteiger partial charge in [-0.2, -0.15) is 0 Å². The lowest BCUT2D eigenvalue weighted by Gasteiger charge is -2.37. The van der Waals surface area contributed by atoms with Gasteiger partial charge < -0.3 is 18.6 Å². The predicted molar refractivity (Wildman–Crippen MR) is 95.9 cm³/mol. The number of carbonyl (C=O) groups excluding carboxylic acids is 1. The lowest BCUT2D eigenvalue weighted by Crippen LogP contribution is -2.46. The molecule has 1 unspecified atom stereocenters. The molecule has 0 saturated carbocycles. The lowest BCUT2D eigenvalue weighted by molar-refractivity contribution is -0.111. The summed E-state index contributed by atoms with van der Waals surface area (Å²) >= 11 is 0. The second-order valence-corrected chi connectivity index (χ2v) is 6.77. The van der Waals surface area contributed by atoms with Crippen LogP contribution in [0.25, 0.3) is 11.0 Å². The van der Waals surface area contributed by atoms with Crippen molar-refractivity contribution in [2.45, 2.75) is 45.1 Å². The Morgan fingerprint density at radius 2 is 2.04 bits per heavy atom. The maximum absolute atomic E-state index is 12.4. The van der Waals surface area contributed by atoms with Crippen molar-refractivity contribution < 1.29 is 23.4 Å². The maximum Gasteiger partial charge on any atom is 0.374 e. The number of para-hydroxylation sites is 1. The van der Waals surface area contributed by atoms with Gasteiger partial charge in [-0.05, 0) is 32.4 Å². The molecule has 26 heavy (non-hydrogen) atoms. The zero-order valence-corrected chi connectivity index (χ0v) is 15.1. The maximum atomic E-state index is 12.4. The van der Waals surface area contributed by atoms with Crippen molar-refractivity contribution in [3.63, 3.8) is 0 Å². The van der Waals surface area contributed by atoms with E-state index in [-0.39, 0.29) is 12.3 Å². The van der Waals surface area contributed by atoms with Crippen molar-refractivity contribution >= 4 is 16.9 Å². The summed E-state index contributed by atoms with van der Waals surface area (Å²) in [4.78, 5) is 14.8. The Labute approximate surface area is 153 Å². The molecule has 2 saturated heterocycles. The number of benzene rings is 1. The molecule has 0 aliphatic carbocycles. The third-order valence-corrected chi connectivity index (χ3v) is 5.15. The molecule has 4 rings (SSSR count). The summed E-state index contributed by atoms with van der Waals surface area (Å²) in [6.45, 7) is 5.01. The van der Waals surface area contributed by atoms with E-state index in [1.165, 1.54) is 6.42 Å². The molecule has 0 bridgehead atoms. The molecule has 3 heterocycles. The van der Waals surface area contributed by atoms with Gasteiger partial charge in [0.2, 0.25) is 5.76 Å². The number of nitrogens with zero attached hydrogens (tertiary/aromatic N) is 1. The van der Waals surface area contributed by atoms with E-state index >= 15 is 0 Å². The zero-order valence-electron chi connectivity index (χ0n) is 15.1. The standard InChI is InChI=1S/C20H25NO5/c1-2-23-19(22)18-15(14-7-3-4-9-17(14)26-18)13-21-10-6-5-8-16(21)20-24-11-12-25-20/h3-4,7,9,16,20H,2,5-6,8,10-13H2,1H3. The van der Waals surface area contributed by atoms with Crippen LogP contribution in [0.15, 0.2) is 28.7 Å². The van der Waals surface area contributed by atoms with Crippen molar-refractivity contribution in [3.05, 3.63) is 35.6 Å². The molecule has 1 aromatic carbocycles. The van der Waals surface area contributed by atoms with Crippen molar-refractivity contribution in [2.75, 3.05) is 26.4 Å². The van der Waals surface area contributed by atoms with Crippen LogP contribution in [0.4, 0.5) is 0 Å². The minimum atomic E-state index is -0.402. The van der Waals surface area contributed by atoms with E-state index in [9.17, 15) is 4.79 Å². The van der Waals surface area contributed by atoms with Gasteiger partial charge >= 0.3 is 5.97 Å². The van der Waals surface area contributed by atoms with Gasteiger partial charge in [0.25, 0.3) is 0 Å². The third-order valence-electron chi connectivity index (χ3n) is 5.15. The largest absolute Gasteiger partial charge is 0.460 e. The van der Waals surface area contributed by atoms with Crippen molar-refractivity contribution in [1.82, 2.24) is 4.90 Å². The molecule has 140 valence electrons. The van der Waals surface area contributed by atoms with Crippen molar-refractivity contribution in [1.29, 1.82) is 0 Å². The number of furan rings is 1. The zero-order chi connectivity index (χ0) is 17.9. The molecule has 0 spiro atoms. The molecule has 2 fully saturated rings. The van der Waals surface area contributed by atoms with Crippen molar-refractivity contribution in [2.24, 2.45) is 0 Å². The Morgan fingerprint density at radius 3 is 2.85 bits per heavy atom. The monoisotopic (exact) mass is 359 g/mol. The molecule has 2 aliphatic rings. The van der Waals surface area contributed by atoms with Gasteiger partial charge in [-0.15, -0.1) is 0 Å². The molecular weight excluding hydrogens is 334 g/mol. The highest BCUT2D eigenvalue weighted by Gasteiger charge is 2.35. The Morgan fingerprint density at radius 1 is 1.23 bits per heavy atom. The lowest BCUT2D eigenvalue weighted by atomic mass is 10.00. The number of hydrogen-bond acceptors (Lipinski definition) is 6. The highest BCUT2D eigenvalue weighted by atomic mass is 16.7. The van der Waals surface area contributed by atoms with Crippen LogP contribution in [0, 0.1) is 0 Å². The highest BCUT2D eigenvalue weighted by Crippen LogP contribution is 2.31. The first kappa shape index (κ1) is 17.5. The average molecular weight is 359 g/mol. The summed E-state index contributed by atoms with van der Waals surface area (Å²) in [5, 5.41) is 0.966. The molecule has 0 N–H and O–H groups in total. The van der Waals surface area contributed by atoms with E-state index < -0.39 is 5.97 Å². The summed E-state index contributed by atoms with van der Waals surface area (Å²) in [6.07, 6.45) is 3.16. The molecule has 2 aliphatic heterocycles. The minimum Gasteiger partial charge on any atom is -0.460 e. The quantitative estimate of drug-likeness (QED) is 0.763. The number of rotatable bonds is 5. The fourth-order valence-electron chi connectivity index (χ4n) is 3.94. The molecule has 0 amide bonds.